The Morgan fingerprint density at radius 1 is 1.37 bits per heavy atom. The first kappa shape index (κ1) is 15.8. The molecule has 2 N–H and O–H groups in total. The molecule has 0 amide bonds. The van der Waals surface area contributed by atoms with Crippen LogP contribution in [0.4, 0.5) is 0 Å². The Balaban J connectivity index is 0.00000180. The van der Waals surface area contributed by atoms with Gasteiger partial charge < -0.3 is 15.0 Å². The van der Waals surface area contributed by atoms with Gasteiger partial charge in [0.2, 0.25) is 0 Å². The zero-order chi connectivity index (χ0) is 13.0. The van der Waals surface area contributed by atoms with E-state index in [0.29, 0.717) is 24.8 Å². The summed E-state index contributed by atoms with van der Waals surface area (Å²) in [5.74, 6) is 1.06. The van der Waals surface area contributed by atoms with Crippen LogP contribution >= 0.6 is 24.0 Å². The van der Waals surface area contributed by atoms with E-state index in [2.05, 4.69) is 5.16 Å². The molecule has 1 aromatic heterocycles. The van der Waals surface area contributed by atoms with Gasteiger partial charge in [-0.15, -0.1) is 24.0 Å². The largest absolute Gasteiger partial charge is 0.474 e. The lowest BCUT2D eigenvalue weighted by Crippen LogP contribution is -2.11. The molecule has 0 saturated heterocycles. The van der Waals surface area contributed by atoms with E-state index in [1.165, 1.54) is 0 Å². The maximum absolute atomic E-state index is 6.17. The molecule has 2 rings (SSSR count). The Morgan fingerprint density at radius 2 is 2.05 bits per heavy atom. The van der Waals surface area contributed by atoms with Gasteiger partial charge in [-0.25, -0.2) is 0 Å². The number of hydrogen-bond acceptors (Lipinski definition) is 4. The summed E-state index contributed by atoms with van der Waals surface area (Å²) in [5, 5.41) is 3.66. The third kappa shape index (κ3) is 3.62. The number of hydrogen-bond donors (Lipinski definition) is 1. The molecule has 0 aliphatic carbocycles. The summed E-state index contributed by atoms with van der Waals surface area (Å²) in [5.41, 5.74) is 7.09. The van der Waals surface area contributed by atoms with Gasteiger partial charge in [0.15, 0.2) is 5.76 Å². The molecule has 1 heterocycles. The van der Waals surface area contributed by atoms with Crippen molar-refractivity contribution in [1.29, 1.82) is 0 Å². The quantitative estimate of drug-likeness (QED) is 0.860. The lowest BCUT2D eigenvalue weighted by atomic mass is 10.1. The smallest absolute Gasteiger partial charge is 0.259 e. The number of benzene rings is 1. The summed E-state index contributed by atoms with van der Waals surface area (Å²) in [6.07, 6.45) is 0. The second kappa shape index (κ2) is 7.38. The molecule has 0 aliphatic rings. The van der Waals surface area contributed by atoms with Crippen LogP contribution < -0.4 is 10.5 Å². The molecule has 1 atom stereocenters. The first-order valence-corrected chi connectivity index (χ1v) is 6.19. The Bertz CT molecular complexity index is 501. The summed E-state index contributed by atoms with van der Waals surface area (Å²) >= 11 is 6.17. The third-order valence-electron chi connectivity index (χ3n) is 2.49. The van der Waals surface area contributed by atoms with Crippen molar-refractivity contribution in [2.45, 2.75) is 12.3 Å². The van der Waals surface area contributed by atoms with Gasteiger partial charge in [-0.2, -0.15) is 0 Å². The van der Waals surface area contributed by atoms with Gasteiger partial charge in [-0.1, -0.05) is 30.3 Å². The van der Waals surface area contributed by atoms with Crippen LogP contribution in [0.1, 0.15) is 17.9 Å². The normalized spacial score (nSPS) is 11.7. The molecular weight excluding hydrogens is 287 g/mol. The minimum atomic E-state index is -0.251. The fourth-order valence-electron chi connectivity index (χ4n) is 1.69. The van der Waals surface area contributed by atoms with Crippen molar-refractivity contribution < 1.29 is 9.26 Å². The van der Waals surface area contributed by atoms with E-state index in [1.807, 2.05) is 37.3 Å². The molecule has 4 nitrogen and oxygen atoms in total. The van der Waals surface area contributed by atoms with Crippen LogP contribution in [0.2, 0.25) is 0 Å². The van der Waals surface area contributed by atoms with Crippen molar-refractivity contribution in [3.8, 4) is 17.2 Å². The summed E-state index contributed by atoms with van der Waals surface area (Å²) in [6.45, 7) is 2.66. The number of halogens is 2. The standard InChI is InChI=1S/C13H15ClN2O2.ClH/c1-9(14)11-12(10-5-3-2-4-6-10)18-16-13(11)17-8-7-15;/h2-6,9H,7-8,15H2,1H3;1H. The maximum atomic E-state index is 6.17. The van der Waals surface area contributed by atoms with Gasteiger partial charge >= 0.3 is 0 Å². The van der Waals surface area contributed by atoms with Crippen LogP contribution in [0.3, 0.4) is 0 Å². The van der Waals surface area contributed by atoms with E-state index in [4.69, 9.17) is 26.6 Å². The molecule has 0 spiro atoms. The summed E-state index contributed by atoms with van der Waals surface area (Å²) < 4.78 is 10.8. The lowest BCUT2D eigenvalue weighted by molar-refractivity contribution is 0.287. The highest BCUT2D eigenvalue weighted by molar-refractivity contribution is 6.21. The van der Waals surface area contributed by atoms with Crippen molar-refractivity contribution in [2.24, 2.45) is 5.73 Å². The SMILES string of the molecule is CC(Cl)c1c(OCCN)noc1-c1ccccc1.Cl. The molecular formula is C13H16Cl2N2O2. The number of ether oxygens (including phenoxy) is 1. The van der Waals surface area contributed by atoms with Crippen molar-refractivity contribution >= 4 is 24.0 Å². The van der Waals surface area contributed by atoms with E-state index in [0.717, 1.165) is 11.1 Å². The van der Waals surface area contributed by atoms with Gasteiger partial charge in [-0.3, -0.25) is 0 Å². The molecule has 0 aliphatic heterocycles. The van der Waals surface area contributed by atoms with Crippen LogP contribution in [-0.4, -0.2) is 18.3 Å². The fourth-order valence-corrected chi connectivity index (χ4v) is 1.88. The zero-order valence-corrected chi connectivity index (χ0v) is 12.1. The second-order valence-electron chi connectivity index (χ2n) is 3.85. The average molecular weight is 303 g/mol. The summed E-state index contributed by atoms with van der Waals surface area (Å²) in [4.78, 5) is 0. The predicted molar refractivity (Wildman–Crippen MR) is 78.0 cm³/mol. The maximum Gasteiger partial charge on any atom is 0.259 e. The Labute approximate surface area is 123 Å². The van der Waals surface area contributed by atoms with Crippen LogP contribution in [0.15, 0.2) is 34.9 Å². The predicted octanol–water partition coefficient (Wildman–Crippen LogP) is 3.40. The monoisotopic (exact) mass is 302 g/mol. The Kier molecular flexibility index (Phi) is 6.15. The van der Waals surface area contributed by atoms with E-state index in [1.54, 1.807) is 0 Å². The molecule has 0 saturated carbocycles. The molecule has 1 unspecified atom stereocenters. The minimum Gasteiger partial charge on any atom is -0.474 e. The molecule has 0 radical (unpaired) electrons. The molecule has 19 heavy (non-hydrogen) atoms. The Hall–Kier alpha value is -1.23. The molecule has 1 aromatic carbocycles. The van der Waals surface area contributed by atoms with Crippen LogP contribution in [0.5, 0.6) is 5.88 Å². The van der Waals surface area contributed by atoms with E-state index in [9.17, 15) is 0 Å². The molecule has 6 heteroatoms. The van der Waals surface area contributed by atoms with Gasteiger partial charge in [0, 0.05) is 12.1 Å². The minimum absolute atomic E-state index is 0. The first-order valence-electron chi connectivity index (χ1n) is 5.76. The highest BCUT2D eigenvalue weighted by Gasteiger charge is 2.22. The van der Waals surface area contributed by atoms with Gasteiger partial charge in [0.05, 0.1) is 10.9 Å². The fraction of sp³-hybridized carbons (Fsp3) is 0.308. The van der Waals surface area contributed by atoms with Gasteiger partial charge in [0.1, 0.15) is 6.61 Å². The van der Waals surface area contributed by atoms with Crippen LogP contribution in [-0.2, 0) is 0 Å². The van der Waals surface area contributed by atoms with Crippen molar-refractivity contribution in [3.05, 3.63) is 35.9 Å². The third-order valence-corrected chi connectivity index (χ3v) is 2.70. The van der Waals surface area contributed by atoms with Gasteiger partial charge in [0.25, 0.3) is 5.88 Å². The molecule has 0 bridgehead atoms. The Morgan fingerprint density at radius 3 is 2.63 bits per heavy atom. The molecule has 0 fully saturated rings. The highest BCUT2D eigenvalue weighted by Crippen LogP contribution is 2.37. The number of nitrogens with zero attached hydrogens (tertiary/aromatic N) is 1. The lowest BCUT2D eigenvalue weighted by Gasteiger charge is -2.06. The molecule has 2 aromatic rings. The number of nitrogens with two attached hydrogens (primary N) is 1. The van der Waals surface area contributed by atoms with Crippen LogP contribution in [0.25, 0.3) is 11.3 Å². The van der Waals surface area contributed by atoms with Crippen molar-refractivity contribution in [2.75, 3.05) is 13.2 Å². The summed E-state index contributed by atoms with van der Waals surface area (Å²) in [6, 6.07) is 9.68. The summed E-state index contributed by atoms with van der Waals surface area (Å²) in [7, 11) is 0. The zero-order valence-electron chi connectivity index (χ0n) is 10.5. The van der Waals surface area contributed by atoms with E-state index < -0.39 is 0 Å². The average Bonchev–Trinajstić information content (AvgIpc) is 2.81. The van der Waals surface area contributed by atoms with Crippen molar-refractivity contribution in [3.63, 3.8) is 0 Å². The van der Waals surface area contributed by atoms with Crippen molar-refractivity contribution in [1.82, 2.24) is 5.16 Å². The number of alkyl halides is 1. The molecule has 104 valence electrons. The highest BCUT2D eigenvalue weighted by atomic mass is 35.5. The van der Waals surface area contributed by atoms with E-state index in [-0.39, 0.29) is 17.8 Å². The van der Waals surface area contributed by atoms with Crippen LogP contribution in [0, 0.1) is 0 Å². The first-order chi connectivity index (χ1) is 8.74. The van der Waals surface area contributed by atoms with E-state index >= 15 is 0 Å². The second-order valence-corrected chi connectivity index (χ2v) is 4.50. The number of rotatable bonds is 5. The topological polar surface area (TPSA) is 61.3 Å². The number of aromatic nitrogens is 1. The van der Waals surface area contributed by atoms with Gasteiger partial charge in [-0.05, 0) is 12.1 Å².